The Bertz CT molecular complexity index is 542. The van der Waals surface area contributed by atoms with Gasteiger partial charge >= 0.3 is 0 Å². The van der Waals surface area contributed by atoms with E-state index in [-0.39, 0.29) is 10.8 Å². The number of benzene rings is 2. The molecule has 0 nitrogen and oxygen atoms in total. The molecule has 0 aromatic heterocycles. The summed E-state index contributed by atoms with van der Waals surface area (Å²) in [6.45, 7) is 11.3. The molecule has 99 valence electrons. The maximum absolute atomic E-state index is 3.42. The molecule has 0 aliphatic rings. The topological polar surface area (TPSA) is 0 Å². The van der Waals surface area contributed by atoms with E-state index in [1.807, 2.05) is 0 Å². The van der Waals surface area contributed by atoms with E-state index in [1.165, 1.54) is 16.7 Å². The first-order valence-electron chi connectivity index (χ1n) is 6.90. The molecule has 0 aliphatic carbocycles. The lowest BCUT2D eigenvalue weighted by atomic mass is 9.76. The molecular formula is C19H23. The van der Waals surface area contributed by atoms with Crippen molar-refractivity contribution in [1.82, 2.24) is 0 Å². The van der Waals surface area contributed by atoms with Crippen LogP contribution in [0.5, 0.6) is 0 Å². The minimum atomic E-state index is -0.0114. The second-order valence-electron chi connectivity index (χ2n) is 6.73. The van der Waals surface area contributed by atoms with Crippen LogP contribution >= 0.6 is 0 Å². The molecular weight excluding hydrogens is 228 g/mol. The largest absolute Gasteiger partial charge is 0.0622 e. The Balaban J connectivity index is 2.47. The van der Waals surface area contributed by atoms with Crippen LogP contribution in [0.2, 0.25) is 0 Å². The van der Waals surface area contributed by atoms with E-state index in [9.17, 15) is 0 Å². The van der Waals surface area contributed by atoms with Gasteiger partial charge in [-0.2, -0.15) is 0 Å². The summed E-state index contributed by atoms with van der Waals surface area (Å²) >= 11 is 0. The summed E-state index contributed by atoms with van der Waals surface area (Å²) in [6.07, 6.45) is 0. The quantitative estimate of drug-likeness (QED) is 0.695. The third-order valence-electron chi connectivity index (χ3n) is 3.84. The lowest BCUT2D eigenvalue weighted by Crippen LogP contribution is -2.20. The fraction of sp³-hybridized carbons (Fsp3) is 0.368. The Labute approximate surface area is 117 Å². The predicted octanol–water partition coefficient (Wildman–Crippen LogP) is 5.11. The van der Waals surface area contributed by atoms with Gasteiger partial charge in [0.05, 0.1) is 0 Å². The molecule has 0 atom stereocenters. The first-order valence-corrected chi connectivity index (χ1v) is 6.90. The van der Waals surface area contributed by atoms with Crippen molar-refractivity contribution in [3.05, 3.63) is 71.3 Å². The molecule has 2 rings (SSSR count). The second kappa shape index (κ2) is 4.85. The summed E-state index contributed by atoms with van der Waals surface area (Å²) in [6, 6.07) is 20.6. The molecule has 19 heavy (non-hydrogen) atoms. The summed E-state index contributed by atoms with van der Waals surface area (Å²) in [5, 5.41) is 0. The zero-order valence-electron chi connectivity index (χ0n) is 12.6. The van der Waals surface area contributed by atoms with Crippen molar-refractivity contribution in [2.24, 2.45) is 0 Å². The molecule has 0 N–H and O–H groups in total. The van der Waals surface area contributed by atoms with Crippen molar-refractivity contribution in [2.75, 3.05) is 0 Å². The zero-order valence-corrected chi connectivity index (χ0v) is 12.6. The van der Waals surface area contributed by atoms with Crippen LogP contribution < -0.4 is 0 Å². The molecule has 0 bridgehead atoms. The Morgan fingerprint density at radius 2 is 1.42 bits per heavy atom. The van der Waals surface area contributed by atoms with Crippen molar-refractivity contribution in [2.45, 2.75) is 45.4 Å². The zero-order chi connectivity index (χ0) is 14.1. The van der Waals surface area contributed by atoms with Crippen LogP contribution in [0.25, 0.3) is 0 Å². The maximum atomic E-state index is 3.42. The summed E-state index contributed by atoms with van der Waals surface area (Å²) < 4.78 is 0. The van der Waals surface area contributed by atoms with Gasteiger partial charge in [0.2, 0.25) is 0 Å². The molecule has 0 heterocycles. The molecule has 0 saturated heterocycles. The Morgan fingerprint density at radius 3 is 2.00 bits per heavy atom. The molecule has 0 fully saturated rings. The predicted molar refractivity (Wildman–Crippen MR) is 82.5 cm³/mol. The number of rotatable bonds is 2. The molecule has 2 aromatic carbocycles. The van der Waals surface area contributed by atoms with Gasteiger partial charge in [-0.3, -0.25) is 0 Å². The van der Waals surface area contributed by atoms with Gasteiger partial charge in [-0.1, -0.05) is 83.1 Å². The first kappa shape index (κ1) is 13.9. The first-order chi connectivity index (χ1) is 8.82. The third-order valence-corrected chi connectivity index (χ3v) is 3.84. The Kier molecular flexibility index (Phi) is 3.54. The van der Waals surface area contributed by atoms with Crippen LogP contribution in [0.15, 0.2) is 48.5 Å². The summed E-state index contributed by atoms with van der Waals surface area (Å²) in [7, 11) is 0. The maximum Gasteiger partial charge on any atom is 0.0152 e. The molecule has 0 heteroatoms. The second-order valence-corrected chi connectivity index (χ2v) is 6.73. The van der Waals surface area contributed by atoms with E-state index in [2.05, 4.69) is 89.2 Å². The Hall–Kier alpha value is -1.56. The fourth-order valence-corrected chi connectivity index (χ4v) is 2.30. The van der Waals surface area contributed by atoms with E-state index < -0.39 is 0 Å². The van der Waals surface area contributed by atoms with Crippen LogP contribution in [0.4, 0.5) is 0 Å². The van der Waals surface area contributed by atoms with Gasteiger partial charge in [0.15, 0.2) is 0 Å². The number of hydrogen-bond donors (Lipinski definition) is 0. The lowest BCUT2D eigenvalue weighted by Gasteiger charge is -2.28. The van der Waals surface area contributed by atoms with E-state index in [1.54, 1.807) is 0 Å². The fourth-order valence-electron chi connectivity index (χ4n) is 2.30. The SMILES string of the molecule is CC(C)(C)c1cc[c]c(C(C)(C)c2ccccc2)c1. The molecule has 1 radical (unpaired) electrons. The monoisotopic (exact) mass is 251 g/mol. The van der Waals surface area contributed by atoms with E-state index in [0.717, 1.165) is 0 Å². The molecule has 0 aliphatic heterocycles. The third kappa shape index (κ3) is 2.89. The minimum Gasteiger partial charge on any atom is -0.0622 e. The van der Waals surface area contributed by atoms with Gasteiger partial charge in [-0.15, -0.1) is 0 Å². The molecule has 0 saturated carbocycles. The average Bonchev–Trinajstić information content (AvgIpc) is 2.39. The van der Waals surface area contributed by atoms with Gasteiger partial charge in [0.1, 0.15) is 0 Å². The van der Waals surface area contributed by atoms with E-state index in [0.29, 0.717) is 0 Å². The van der Waals surface area contributed by atoms with Crippen LogP contribution in [0.1, 0.15) is 51.3 Å². The van der Waals surface area contributed by atoms with Gasteiger partial charge in [0, 0.05) is 5.41 Å². The number of hydrogen-bond acceptors (Lipinski definition) is 0. The summed E-state index contributed by atoms with van der Waals surface area (Å²) in [5.74, 6) is 0. The highest BCUT2D eigenvalue weighted by molar-refractivity contribution is 5.39. The normalized spacial score (nSPS) is 12.5. The highest BCUT2D eigenvalue weighted by atomic mass is 14.3. The van der Waals surface area contributed by atoms with Crippen LogP contribution in [-0.2, 0) is 10.8 Å². The van der Waals surface area contributed by atoms with Crippen molar-refractivity contribution < 1.29 is 0 Å². The van der Waals surface area contributed by atoms with Crippen LogP contribution in [0.3, 0.4) is 0 Å². The molecule has 0 amide bonds. The molecule has 0 unspecified atom stereocenters. The Morgan fingerprint density at radius 1 is 0.789 bits per heavy atom. The van der Waals surface area contributed by atoms with Crippen molar-refractivity contribution in [1.29, 1.82) is 0 Å². The lowest BCUT2D eigenvalue weighted by molar-refractivity contribution is 0.581. The highest BCUT2D eigenvalue weighted by Crippen LogP contribution is 2.33. The summed E-state index contributed by atoms with van der Waals surface area (Å²) in [4.78, 5) is 0. The summed E-state index contributed by atoms with van der Waals surface area (Å²) in [5.41, 5.74) is 4.12. The van der Waals surface area contributed by atoms with Crippen molar-refractivity contribution >= 4 is 0 Å². The standard InChI is InChI=1S/C19H23/c1-18(2,3)16-12-9-13-17(14-16)19(4,5)15-10-7-6-8-11-15/h6-12,14H,1-5H3. The molecule has 2 aromatic rings. The van der Waals surface area contributed by atoms with E-state index >= 15 is 0 Å². The van der Waals surface area contributed by atoms with Gasteiger partial charge in [0.25, 0.3) is 0 Å². The minimum absolute atomic E-state index is 0.0114. The average molecular weight is 251 g/mol. The van der Waals surface area contributed by atoms with Crippen LogP contribution in [-0.4, -0.2) is 0 Å². The van der Waals surface area contributed by atoms with Gasteiger partial charge in [-0.05, 0) is 28.2 Å². The van der Waals surface area contributed by atoms with Crippen molar-refractivity contribution in [3.8, 4) is 0 Å². The smallest absolute Gasteiger partial charge is 0.0152 e. The van der Waals surface area contributed by atoms with Crippen molar-refractivity contribution in [3.63, 3.8) is 0 Å². The van der Waals surface area contributed by atoms with Gasteiger partial charge in [-0.25, -0.2) is 0 Å². The van der Waals surface area contributed by atoms with Gasteiger partial charge < -0.3 is 0 Å². The van der Waals surface area contributed by atoms with E-state index in [4.69, 9.17) is 0 Å². The molecule has 0 spiro atoms. The highest BCUT2D eigenvalue weighted by Gasteiger charge is 2.24. The van der Waals surface area contributed by atoms with Crippen LogP contribution in [0, 0.1) is 6.07 Å².